The van der Waals surface area contributed by atoms with Gasteiger partial charge in [-0.05, 0) is 37.1 Å². The van der Waals surface area contributed by atoms with Crippen molar-refractivity contribution in [1.82, 2.24) is 9.55 Å². The summed E-state index contributed by atoms with van der Waals surface area (Å²) in [7, 11) is 0. The number of ether oxygens (including phenoxy) is 2. The SMILES string of the molecule is O=C(Cn1c(=O)[nH]c(=O)c2ccccc21)Nc1ccc2c(c1)OC1(CCCCC1)O2. The Morgan fingerprint density at radius 1 is 1.03 bits per heavy atom. The number of nitrogens with one attached hydrogen (secondary N) is 2. The molecule has 0 saturated heterocycles. The van der Waals surface area contributed by atoms with E-state index in [1.807, 2.05) is 0 Å². The molecule has 0 bridgehead atoms. The maximum Gasteiger partial charge on any atom is 0.329 e. The van der Waals surface area contributed by atoms with E-state index in [0.717, 1.165) is 25.7 Å². The van der Waals surface area contributed by atoms with E-state index in [1.54, 1.807) is 42.5 Å². The van der Waals surface area contributed by atoms with E-state index in [4.69, 9.17) is 9.47 Å². The molecule has 1 fully saturated rings. The smallest absolute Gasteiger partial charge is 0.329 e. The van der Waals surface area contributed by atoms with Crippen LogP contribution in [0, 0.1) is 0 Å². The van der Waals surface area contributed by atoms with Gasteiger partial charge in [-0.3, -0.25) is 19.1 Å². The fraction of sp³-hybridized carbons (Fsp3) is 0.318. The lowest BCUT2D eigenvalue weighted by Crippen LogP contribution is -2.40. The number of aromatic amines is 1. The van der Waals surface area contributed by atoms with Gasteiger partial charge in [-0.1, -0.05) is 18.6 Å². The fourth-order valence-electron chi connectivity index (χ4n) is 4.21. The summed E-state index contributed by atoms with van der Waals surface area (Å²) in [6.45, 7) is -0.228. The van der Waals surface area contributed by atoms with Crippen LogP contribution in [-0.2, 0) is 11.3 Å². The van der Waals surface area contributed by atoms with Crippen molar-refractivity contribution in [2.75, 3.05) is 5.32 Å². The lowest BCUT2D eigenvalue weighted by Gasteiger charge is -2.31. The van der Waals surface area contributed by atoms with Gasteiger partial charge in [0.15, 0.2) is 11.5 Å². The molecule has 2 N–H and O–H groups in total. The van der Waals surface area contributed by atoms with Crippen LogP contribution in [-0.4, -0.2) is 21.2 Å². The second kappa shape index (κ2) is 7.05. The molecule has 1 spiro atoms. The number of anilines is 1. The number of fused-ring (bicyclic) bond motifs is 2. The van der Waals surface area contributed by atoms with Gasteiger partial charge in [-0.2, -0.15) is 0 Å². The molecule has 1 aliphatic heterocycles. The van der Waals surface area contributed by atoms with E-state index < -0.39 is 17.0 Å². The van der Waals surface area contributed by atoms with Crippen LogP contribution in [0.2, 0.25) is 0 Å². The van der Waals surface area contributed by atoms with E-state index >= 15 is 0 Å². The minimum absolute atomic E-state index is 0.228. The van der Waals surface area contributed by atoms with Crippen molar-refractivity contribution in [3.05, 3.63) is 63.3 Å². The Balaban J connectivity index is 1.36. The fourth-order valence-corrected chi connectivity index (χ4v) is 4.21. The number of carbonyl (C=O) groups is 1. The number of rotatable bonds is 3. The van der Waals surface area contributed by atoms with Gasteiger partial charge in [0, 0.05) is 24.6 Å². The van der Waals surface area contributed by atoms with Crippen LogP contribution in [0.3, 0.4) is 0 Å². The van der Waals surface area contributed by atoms with Crippen molar-refractivity contribution in [2.45, 2.75) is 44.4 Å². The predicted octanol–water partition coefficient (Wildman–Crippen LogP) is 2.76. The van der Waals surface area contributed by atoms with Crippen molar-refractivity contribution in [3.8, 4) is 11.5 Å². The first-order valence-electron chi connectivity index (χ1n) is 10.1. The first-order valence-corrected chi connectivity index (χ1v) is 10.1. The average molecular weight is 407 g/mol. The van der Waals surface area contributed by atoms with Gasteiger partial charge in [0.1, 0.15) is 6.54 Å². The number of amides is 1. The first kappa shape index (κ1) is 18.5. The molecule has 2 aromatic carbocycles. The molecule has 8 nitrogen and oxygen atoms in total. The largest absolute Gasteiger partial charge is 0.448 e. The molecule has 2 aliphatic rings. The molecule has 154 valence electrons. The minimum Gasteiger partial charge on any atom is -0.448 e. The summed E-state index contributed by atoms with van der Waals surface area (Å²) >= 11 is 0. The Morgan fingerprint density at radius 2 is 1.80 bits per heavy atom. The van der Waals surface area contributed by atoms with E-state index in [0.29, 0.717) is 28.1 Å². The van der Waals surface area contributed by atoms with Gasteiger partial charge in [0.25, 0.3) is 11.3 Å². The number of para-hydroxylation sites is 1. The molecule has 1 aliphatic carbocycles. The summed E-state index contributed by atoms with van der Waals surface area (Å²) in [4.78, 5) is 39.1. The molecular formula is C22H21N3O5. The molecule has 30 heavy (non-hydrogen) atoms. The van der Waals surface area contributed by atoms with E-state index in [2.05, 4.69) is 10.3 Å². The van der Waals surface area contributed by atoms with E-state index in [-0.39, 0.29) is 12.5 Å². The molecule has 5 rings (SSSR count). The monoisotopic (exact) mass is 407 g/mol. The molecule has 2 heterocycles. The molecule has 1 amide bonds. The second-order valence-electron chi connectivity index (χ2n) is 7.75. The number of hydrogen-bond acceptors (Lipinski definition) is 5. The lowest BCUT2D eigenvalue weighted by atomic mass is 9.94. The Hall–Kier alpha value is -3.55. The van der Waals surface area contributed by atoms with E-state index in [9.17, 15) is 14.4 Å². The normalized spacial score (nSPS) is 16.7. The molecule has 1 saturated carbocycles. The number of H-pyrrole nitrogens is 1. The number of carbonyl (C=O) groups excluding carboxylic acids is 1. The van der Waals surface area contributed by atoms with Gasteiger partial charge < -0.3 is 14.8 Å². The Labute approximate surface area is 171 Å². The molecule has 1 aromatic heterocycles. The zero-order chi connectivity index (χ0) is 20.7. The minimum atomic E-state index is -0.626. The summed E-state index contributed by atoms with van der Waals surface area (Å²) in [6.07, 6.45) is 5.03. The van der Waals surface area contributed by atoms with Crippen LogP contribution in [0.25, 0.3) is 10.9 Å². The van der Waals surface area contributed by atoms with Crippen molar-refractivity contribution < 1.29 is 14.3 Å². The van der Waals surface area contributed by atoms with Crippen LogP contribution in [0.5, 0.6) is 11.5 Å². The maximum atomic E-state index is 12.6. The third kappa shape index (κ3) is 3.24. The number of nitrogens with zero attached hydrogens (tertiary/aromatic N) is 1. The van der Waals surface area contributed by atoms with Crippen molar-refractivity contribution in [2.24, 2.45) is 0 Å². The van der Waals surface area contributed by atoms with Gasteiger partial charge in [0.05, 0.1) is 10.9 Å². The average Bonchev–Trinajstić information content (AvgIpc) is 3.08. The van der Waals surface area contributed by atoms with Crippen LogP contribution in [0.4, 0.5) is 5.69 Å². The Morgan fingerprint density at radius 3 is 2.63 bits per heavy atom. The van der Waals surface area contributed by atoms with Crippen LogP contribution in [0.15, 0.2) is 52.1 Å². The van der Waals surface area contributed by atoms with Crippen LogP contribution < -0.4 is 26.0 Å². The zero-order valence-corrected chi connectivity index (χ0v) is 16.3. The molecule has 8 heteroatoms. The highest BCUT2D eigenvalue weighted by Gasteiger charge is 2.42. The third-order valence-electron chi connectivity index (χ3n) is 5.64. The number of hydrogen-bond donors (Lipinski definition) is 2. The van der Waals surface area contributed by atoms with Crippen molar-refractivity contribution in [1.29, 1.82) is 0 Å². The number of benzene rings is 2. The van der Waals surface area contributed by atoms with Gasteiger partial charge >= 0.3 is 5.69 Å². The van der Waals surface area contributed by atoms with Gasteiger partial charge in [-0.15, -0.1) is 0 Å². The Bertz CT molecular complexity index is 1250. The summed E-state index contributed by atoms with van der Waals surface area (Å²) in [5.41, 5.74) is -0.137. The standard InChI is InChI=1S/C22H21N3O5/c26-19(13-25-16-7-3-2-6-15(16)20(27)24-21(25)28)23-14-8-9-17-18(12-14)30-22(29-17)10-4-1-5-11-22/h2-3,6-9,12H,1,4-5,10-11,13H2,(H,23,26)(H,24,27,28). The maximum absolute atomic E-state index is 12.6. The highest BCUT2D eigenvalue weighted by Crippen LogP contribution is 2.46. The quantitative estimate of drug-likeness (QED) is 0.695. The Kier molecular flexibility index (Phi) is 4.34. The lowest BCUT2D eigenvalue weighted by molar-refractivity contribution is -0.116. The highest BCUT2D eigenvalue weighted by molar-refractivity contribution is 5.92. The first-order chi connectivity index (χ1) is 14.5. The van der Waals surface area contributed by atoms with Crippen molar-refractivity contribution >= 4 is 22.5 Å². The highest BCUT2D eigenvalue weighted by atomic mass is 16.7. The number of aromatic nitrogens is 2. The summed E-state index contributed by atoms with van der Waals surface area (Å²) in [5.74, 6) is 0.324. The predicted molar refractivity (Wildman–Crippen MR) is 111 cm³/mol. The van der Waals surface area contributed by atoms with Crippen molar-refractivity contribution in [3.63, 3.8) is 0 Å². The van der Waals surface area contributed by atoms with Crippen LogP contribution >= 0.6 is 0 Å². The second-order valence-corrected chi connectivity index (χ2v) is 7.75. The van der Waals surface area contributed by atoms with Crippen LogP contribution in [0.1, 0.15) is 32.1 Å². The zero-order valence-electron chi connectivity index (χ0n) is 16.3. The van der Waals surface area contributed by atoms with E-state index in [1.165, 1.54) is 11.0 Å². The molecule has 0 atom stereocenters. The van der Waals surface area contributed by atoms with Gasteiger partial charge in [-0.25, -0.2) is 4.79 Å². The molecule has 0 radical (unpaired) electrons. The molecule has 3 aromatic rings. The summed E-state index contributed by atoms with van der Waals surface area (Å²) < 4.78 is 13.4. The molecular weight excluding hydrogens is 386 g/mol. The van der Waals surface area contributed by atoms with Gasteiger partial charge in [0.2, 0.25) is 5.91 Å². The summed E-state index contributed by atoms with van der Waals surface area (Å²) in [6, 6.07) is 12.0. The third-order valence-corrected chi connectivity index (χ3v) is 5.64. The molecule has 0 unspecified atom stereocenters. The topological polar surface area (TPSA) is 102 Å². The summed E-state index contributed by atoms with van der Waals surface area (Å²) in [5, 5.41) is 3.14.